The van der Waals surface area contributed by atoms with Crippen LogP contribution in [0.5, 0.6) is 0 Å². The average molecular weight is 390 g/mol. The van der Waals surface area contributed by atoms with E-state index in [-0.39, 0.29) is 5.97 Å². The minimum Gasteiger partial charge on any atom is -0.462 e. The minimum atomic E-state index is -0.267. The van der Waals surface area contributed by atoms with Crippen molar-refractivity contribution in [2.75, 3.05) is 12.3 Å². The second kappa shape index (κ2) is 16.4. The molecule has 0 aromatic heterocycles. The van der Waals surface area contributed by atoms with Crippen LogP contribution in [0.1, 0.15) is 119 Å². The summed E-state index contributed by atoms with van der Waals surface area (Å²) in [5, 5.41) is 0. The van der Waals surface area contributed by atoms with Crippen molar-refractivity contribution in [2.24, 2.45) is 0 Å². The van der Waals surface area contributed by atoms with Crippen LogP contribution in [0.2, 0.25) is 0 Å². The summed E-state index contributed by atoms with van der Waals surface area (Å²) in [5.41, 5.74) is 8.01. The maximum Gasteiger partial charge on any atom is 0.338 e. The summed E-state index contributed by atoms with van der Waals surface area (Å²) in [6, 6.07) is 5.34. The van der Waals surface area contributed by atoms with Gasteiger partial charge in [0.2, 0.25) is 0 Å². The van der Waals surface area contributed by atoms with Crippen LogP contribution in [-0.4, -0.2) is 12.6 Å². The summed E-state index contributed by atoms with van der Waals surface area (Å²) in [5.74, 6) is -0.267. The van der Waals surface area contributed by atoms with E-state index in [9.17, 15) is 4.79 Å². The van der Waals surface area contributed by atoms with E-state index in [1.165, 1.54) is 83.5 Å². The quantitative estimate of drug-likeness (QED) is 0.169. The van der Waals surface area contributed by atoms with Crippen LogP contribution >= 0.6 is 0 Å². The SMILES string of the molecule is CCCCCCCCCCCCCCCCCOC(=O)c1ccc(C)c(N)c1. The summed E-state index contributed by atoms with van der Waals surface area (Å²) in [6.07, 6.45) is 20.1. The van der Waals surface area contributed by atoms with Gasteiger partial charge >= 0.3 is 5.97 Å². The molecule has 2 N–H and O–H groups in total. The van der Waals surface area contributed by atoms with Gasteiger partial charge in [-0.3, -0.25) is 0 Å². The molecule has 1 aromatic carbocycles. The number of rotatable bonds is 17. The Morgan fingerprint density at radius 2 is 1.25 bits per heavy atom. The molecular formula is C25H43NO2. The first kappa shape index (κ1) is 24.5. The van der Waals surface area contributed by atoms with Gasteiger partial charge in [-0.05, 0) is 31.0 Å². The highest BCUT2D eigenvalue weighted by Crippen LogP contribution is 2.15. The fourth-order valence-corrected chi connectivity index (χ4v) is 3.49. The molecule has 1 aromatic rings. The highest BCUT2D eigenvalue weighted by atomic mass is 16.5. The van der Waals surface area contributed by atoms with E-state index in [4.69, 9.17) is 10.5 Å². The maximum atomic E-state index is 12.0. The average Bonchev–Trinajstić information content (AvgIpc) is 2.69. The van der Waals surface area contributed by atoms with Gasteiger partial charge in [-0.25, -0.2) is 4.79 Å². The Labute approximate surface area is 173 Å². The van der Waals surface area contributed by atoms with E-state index in [2.05, 4.69) is 6.92 Å². The molecular weight excluding hydrogens is 346 g/mol. The van der Waals surface area contributed by atoms with Crippen molar-refractivity contribution in [1.29, 1.82) is 0 Å². The molecule has 3 heteroatoms. The number of nitrogens with two attached hydrogens (primary N) is 1. The number of hydrogen-bond acceptors (Lipinski definition) is 3. The number of anilines is 1. The number of aryl methyl sites for hydroxylation is 1. The van der Waals surface area contributed by atoms with E-state index in [0.29, 0.717) is 17.9 Å². The first-order chi connectivity index (χ1) is 13.6. The van der Waals surface area contributed by atoms with Crippen LogP contribution in [0.4, 0.5) is 5.69 Å². The van der Waals surface area contributed by atoms with Gasteiger partial charge in [-0.1, -0.05) is 103 Å². The zero-order valence-electron chi connectivity index (χ0n) is 18.4. The van der Waals surface area contributed by atoms with Gasteiger partial charge in [0.25, 0.3) is 0 Å². The van der Waals surface area contributed by atoms with Gasteiger partial charge in [0.05, 0.1) is 12.2 Å². The topological polar surface area (TPSA) is 52.3 Å². The molecule has 0 aliphatic heterocycles. The van der Waals surface area contributed by atoms with Crippen molar-refractivity contribution in [3.05, 3.63) is 29.3 Å². The Balaban J connectivity index is 1.85. The summed E-state index contributed by atoms with van der Waals surface area (Å²) >= 11 is 0. The lowest BCUT2D eigenvalue weighted by Gasteiger charge is -2.07. The van der Waals surface area contributed by atoms with Crippen molar-refractivity contribution in [2.45, 2.75) is 110 Å². The summed E-state index contributed by atoms with van der Waals surface area (Å²) in [7, 11) is 0. The Bertz CT molecular complexity index is 527. The molecule has 1 rings (SSSR count). The normalized spacial score (nSPS) is 10.9. The second-order valence-corrected chi connectivity index (χ2v) is 8.16. The van der Waals surface area contributed by atoms with E-state index in [1.807, 2.05) is 13.0 Å². The molecule has 0 fully saturated rings. The van der Waals surface area contributed by atoms with E-state index >= 15 is 0 Å². The number of unbranched alkanes of at least 4 members (excludes halogenated alkanes) is 14. The zero-order chi connectivity index (χ0) is 20.5. The lowest BCUT2D eigenvalue weighted by molar-refractivity contribution is 0.0497. The fraction of sp³-hybridized carbons (Fsp3) is 0.720. The molecule has 28 heavy (non-hydrogen) atoms. The number of ether oxygens (including phenoxy) is 1. The Morgan fingerprint density at radius 3 is 1.71 bits per heavy atom. The van der Waals surface area contributed by atoms with Gasteiger partial charge in [0, 0.05) is 5.69 Å². The van der Waals surface area contributed by atoms with Crippen LogP contribution < -0.4 is 5.73 Å². The van der Waals surface area contributed by atoms with Gasteiger partial charge in [-0.2, -0.15) is 0 Å². The van der Waals surface area contributed by atoms with Gasteiger partial charge < -0.3 is 10.5 Å². The monoisotopic (exact) mass is 389 g/mol. The zero-order valence-corrected chi connectivity index (χ0v) is 18.4. The summed E-state index contributed by atoms with van der Waals surface area (Å²) < 4.78 is 5.34. The lowest BCUT2D eigenvalue weighted by atomic mass is 10.0. The van der Waals surface area contributed by atoms with Crippen LogP contribution in [0, 0.1) is 6.92 Å². The molecule has 0 atom stereocenters. The molecule has 0 spiro atoms. The molecule has 3 nitrogen and oxygen atoms in total. The molecule has 0 amide bonds. The number of carbonyl (C=O) groups excluding carboxylic acids is 1. The second-order valence-electron chi connectivity index (χ2n) is 8.16. The predicted molar refractivity (Wildman–Crippen MR) is 121 cm³/mol. The van der Waals surface area contributed by atoms with Crippen molar-refractivity contribution < 1.29 is 9.53 Å². The largest absolute Gasteiger partial charge is 0.462 e. The lowest BCUT2D eigenvalue weighted by Crippen LogP contribution is -2.07. The summed E-state index contributed by atoms with van der Waals surface area (Å²) in [6.45, 7) is 4.71. The Hall–Kier alpha value is -1.51. The van der Waals surface area contributed by atoms with Gasteiger partial charge in [0.15, 0.2) is 0 Å². The van der Waals surface area contributed by atoms with Crippen molar-refractivity contribution in [1.82, 2.24) is 0 Å². The van der Waals surface area contributed by atoms with Crippen molar-refractivity contribution in [3.8, 4) is 0 Å². The maximum absolute atomic E-state index is 12.0. The first-order valence-corrected chi connectivity index (χ1v) is 11.7. The predicted octanol–water partition coefficient (Wildman–Crippen LogP) is 7.61. The third-order valence-electron chi connectivity index (χ3n) is 5.50. The van der Waals surface area contributed by atoms with Gasteiger partial charge in [-0.15, -0.1) is 0 Å². The van der Waals surface area contributed by atoms with Crippen molar-refractivity contribution >= 4 is 11.7 Å². The van der Waals surface area contributed by atoms with Gasteiger partial charge in [0.1, 0.15) is 0 Å². The molecule has 0 radical (unpaired) electrons. The van der Waals surface area contributed by atoms with Crippen LogP contribution in [0.25, 0.3) is 0 Å². The Kier molecular flexibility index (Phi) is 14.4. The molecule has 0 aliphatic carbocycles. The third kappa shape index (κ3) is 12.0. The molecule has 0 heterocycles. The first-order valence-electron chi connectivity index (χ1n) is 11.7. The smallest absolute Gasteiger partial charge is 0.338 e. The standard InChI is InChI=1S/C25H43NO2/c1-3-4-5-6-7-8-9-10-11-12-13-14-15-16-17-20-28-25(27)23-19-18-22(2)24(26)21-23/h18-19,21H,3-17,20,26H2,1-2H3. The fourth-order valence-electron chi connectivity index (χ4n) is 3.49. The number of hydrogen-bond donors (Lipinski definition) is 1. The van der Waals surface area contributed by atoms with E-state index in [0.717, 1.165) is 18.4 Å². The van der Waals surface area contributed by atoms with E-state index in [1.54, 1.807) is 12.1 Å². The highest BCUT2D eigenvalue weighted by molar-refractivity contribution is 5.90. The van der Waals surface area contributed by atoms with Crippen LogP contribution in [0.15, 0.2) is 18.2 Å². The molecule has 0 unspecified atom stereocenters. The van der Waals surface area contributed by atoms with Crippen LogP contribution in [-0.2, 0) is 4.74 Å². The molecule has 160 valence electrons. The highest BCUT2D eigenvalue weighted by Gasteiger charge is 2.08. The number of nitrogen functional groups attached to an aromatic ring is 1. The number of esters is 1. The molecule has 0 saturated heterocycles. The number of benzene rings is 1. The summed E-state index contributed by atoms with van der Waals surface area (Å²) in [4.78, 5) is 12.0. The minimum absolute atomic E-state index is 0.267. The third-order valence-corrected chi connectivity index (χ3v) is 5.50. The molecule has 0 saturated carbocycles. The van der Waals surface area contributed by atoms with Crippen LogP contribution in [0.3, 0.4) is 0 Å². The number of carbonyl (C=O) groups is 1. The Morgan fingerprint density at radius 1 is 0.786 bits per heavy atom. The van der Waals surface area contributed by atoms with Crippen molar-refractivity contribution in [3.63, 3.8) is 0 Å². The van der Waals surface area contributed by atoms with E-state index < -0.39 is 0 Å². The molecule has 0 aliphatic rings. The molecule has 0 bridgehead atoms.